The number of hydrogen-bond acceptors (Lipinski definition) is 3. The molecule has 0 radical (unpaired) electrons. The molecule has 2 N–H and O–H groups in total. The molecule has 0 aliphatic heterocycles. The van der Waals surface area contributed by atoms with Gasteiger partial charge in [-0.1, -0.05) is 15.9 Å². The SMILES string of the molecule is COCC(O)CNc1cc(Br)ccc1Br. The van der Waals surface area contributed by atoms with Crippen LogP contribution in [-0.2, 0) is 4.74 Å². The summed E-state index contributed by atoms with van der Waals surface area (Å²) in [5.74, 6) is 0. The lowest BCUT2D eigenvalue weighted by atomic mass is 10.3. The number of ether oxygens (including phenoxy) is 1. The summed E-state index contributed by atoms with van der Waals surface area (Å²) >= 11 is 6.81. The summed E-state index contributed by atoms with van der Waals surface area (Å²) in [6.07, 6.45) is -0.499. The van der Waals surface area contributed by atoms with Crippen LogP contribution in [0.3, 0.4) is 0 Å². The van der Waals surface area contributed by atoms with Crippen molar-refractivity contribution in [2.45, 2.75) is 6.10 Å². The van der Waals surface area contributed by atoms with E-state index in [2.05, 4.69) is 37.2 Å². The Hall–Kier alpha value is -0.100. The van der Waals surface area contributed by atoms with Gasteiger partial charge >= 0.3 is 0 Å². The van der Waals surface area contributed by atoms with E-state index in [1.54, 1.807) is 7.11 Å². The van der Waals surface area contributed by atoms with E-state index >= 15 is 0 Å². The van der Waals surface area contributed by atoms with E-state index < -0.39 is 6.10 Å². The Labute approximate surface area is 106 Å². The second-order valence-corrected chi connectivity index (χ2v) is 4.88. The first-order chi connectivity index (χ1) is 7.13. The first kappa shape index (κ1) is 13.0. The quantitative estimate of drug-likeness (QED) is 0.867. The van der Waals surface area contributed by atoms with Gasteiger partial charge in [0, 0.05) is 28.3 Å². The number of nitrogens with one attached hydrogen (secondary N) is 1. The number of aliphatic hydroxyl groups excluding tert-OH is 1. The van der Waals surface area contributed by atoms with Crippen LogP contribution in [0.25, 0.3) is 0 Å². The zero-order valence-corrected chi connectivity index (χ0v) is 11.5. The van der Waals surface area contributed by atoms with Crippen molar-refractivity contribution >= 4 is 37.5 Å². The molecule has 0 saturated heterocycles. The maximum atomic E-state index is 9.46. The maximum absolute atomic E-state index is 9.46. The molecule has 3 nitrogen and oxygen atoms in total. The number of rotatable bonds is 5. The van der Waals surface area contributed by atoms with Gasteiger partial charge in [0.15, 0.2) is 0 Å². The molecule has 5 heteroatoms. The van der Waals surface area contributed by atoms with Crippen LogP contribution in [0.2, 0.25) is 0 Å². The van der Waals surface area contributed by atoms with E-state index in [0.29, 0.717) is 13.2 Å². The predicted molar refractivity (Wildman–Crippen MR) is 68.2 cm³/mol. The van der Waals surface area contributed by atoms with Gasteiger partial charge in [0.1, 0.15) is 0 Å². The second kappa shape index (κ2) is 6.48. The molecular weight excluding hydrogens is 326 g/mol. The largest absolute Gasteiger partial charge is 0.389 e. The fraction of sp³-hybridized carbons (Fsp3) is 0.400. The molecule has 0 bridgehead atoms. The first-order valence-electron chi connectivity index (χ1n) is 4.49. The highest BCUT2D eigenvalue weighted by atomic mass is 79.9. The van der Waals surface area contributed by atoms with Crippen molar-refractivity contribution in [1.82, 2.24) is 0 Å². The van der Waals surface area contributed by atoms with Crippen molar-refractivity contribution in [3.8, 4) is 0 Å². The lowest BCUT2D eigenvalue weighted by Crippen LogP contribution is -2.24. The van der Waals surface area contributed by atoms with Crippen molar-refractivity contribution in [3.05, 3.63) is 27.1 Å². The van der Waals surface area contributed by atoms with Gasteiger partial charge in [0.25, 0.3) is 0 Å². The molecule has 0 aliphatic carbocycles. The van der Waals surface area contributed by atoms with Crippen molar-refractivity contribution in [3.63, 3.8) is 0 Å². The van der Waals surface area contributed by atoms with Gasteiger partial charge < -0.3 is 15.2 Å². The van der Waals surface area contributed by atoms with Crippen LogP contribution in [0, 0.1) is 0 Å². The van der Waals surface area contributed by atoms with E-state index in [4.69, 9.17) is 4.74 Å². The second-order valence-electron chi connectivity index (χ2n) is 3.11. The lowest BCUT2D eigenvalue weighted by molar-refractivity contribution is 0.0727. The Balaban J connectivity index is 2.53. The third-order valence-electron chi connectivity index (χ3n) is 1.82. The minimum atomic E-state index is -0.499. The summed E-state index contributed by atoms with van der Waals surface area (Å²) in [5, 5.41) is 12.6. The van der Waals surface area contributed by atoms with E-state index in [1.165, 1.54) is 0 Å². The highest BCUT2D eigenvalue weighted by molar-refractivity contribution is 9.11. The average molecular weight is 339 g/mol. The average Bonchev–Trinajstić information content (AvgIpc) is 2.20. The van der Waals surface area contributed by atoms with Crippen molar-refractivity contribution in [2.24, 2.45) is 0 Å². The van der Waals surface area contributed by atoms with Crippen LogP contribution in [-0.4, -0.2) is 31.5 Å². The normalized spacial score (nSPS) is 12.5. The van der Waals surface area contributed by atoms with Gasteiger partial charge in [-0.05, 0) is 34.1 Å². The third-order valence-corrected chi connectivity index (χ3v) is 3.00. The van der Waals surface area contributed by atoms with Crippen LogP contribution >= 0.6 is 31.9 Å². The van der Waals surface area contributed by atoms with Gasteiger partial charge in [-0.2, -0.15) is 0 Å². The van der Waals surface area contributed by atoms with Gasteiger partial charge in [-0.25, -0.2) is 0 Å². The smallest absolute Gasteiger partial charge is 0.0945 e. The molecule has 15 heavy (non-hydrogen) atoms. The third kappa shape index (κ3) is 4.51. The summed E-state index contributed by atoms with van der Waals surface area (Å²) in [6.45, 7) is 0.793. The molecule has 0 aromatic heterocycles. The molecule has 0 saturated carbocycles. The Morgan fingerprint density at radius 2 is 2.20 bits per heavy atom. The highest BCUT2D eigenvalue weighted by Crippen LogP contribution is 2.25. The molecule has 1 aromatic carbocycles. The Bertz CT molecular complexity index is 320. The number of aliphatic hydroxyl groups is 1. The fourth-order valence-corrected chi connectivity index (χ4v) is 1.86. The van der Waals surface area contributed by atoms with Gasteiger partial charge in [0.2, 0.25) is 0 Å². The lowest BCUT2D eigenvalue weighted by Gasteiger charge is -2.13. The fourth-order valence-electron chi connectivity index (χ4n) is 1.11. The molecule has 1 atom stereocenters. The minimum absolute atomic E-state index is 0.332. The molecule has 0 aliphatic rings. The molecule has 0 spiro atoms. The van der Waals surface area contributed by atoms with Gasteiger partial charge in [0.05, 0.1) is 12.7 Å². The maximum Gasteiger partial charge on any atom is 0.0945 e. The summed E-state index contributed by atoms with van der Waals surface area (Å²) < 4.78 is 6.80. The van der Waals surface area contributed by atoms with Crippen LogP contribution in [0.15, 0.2) is 27.1 Å². The van der Waals surface area contributed by atoms with Crippen molar-refractivity contribution in [2.75, 3.05) is 25.6 Å². The number of hydrogen-bond donors (Lipinski definition) is 2. The van der Waals surface area contributed by atoms with E-state index in [0.717, 1.165) is 14.6 Å². The summed E-state index contributed by atoms with van der Waals surface area (Å²) in [5.41, 5.74) is 0.944. The van der Waals surface area contributed by atoms with Crippen LogP contribution < -0.4 is 5.32 Å². The number of halogens is 2. The molecule has 1 unspecified atom stereocenters. The number of benzene rings is 1. The highest BCUT2D eigenvalue weighted by Gasteiger charge is 2.05. The molecule has 0 heterocycles. The monoisotopic (exact) mass is 337 g/mol. The topological polar surface area (TPSA) is 41.5 Å². The van der Waals surface area contributed by atoms with E-state index in [-0.39, 0.29) is 0 Å². The van der Waals surface area contributed by atoms with E-state index in [1.807, 2.05) is 18.2 Å². The van der Waals surface area contributed by atoms with Crippen LogP contribution in [0.5, 0.6) is 0 Å². The molecule has 0 fully saturated rings. The zero-order valence-electron chi connectivity index (χ0n) is 8.34. The minimum Gasteiger partial charge on any atom is -0.389 e. The van der Waals surface area contributed by atoms with Crippen molar-refractivity contribution < 1.29 is 9.84 Å². The summed E-state index contributed by atoms with van der Waals surface area (Å²) in [4.78, 5) is 0. The predicted octanol–water partition coefficient (Wildman–Crippen LogP) is 2.63. The van der Waals surface area contributed by atoms with Gasteiger partial charge in [-0.15, -0.1) is 0 Å². The number of anilines is 1. The Morgan fingerprint density at radius 1 is 1.47 bits per heavy atom. The standard InChI is InChI=1S/C10H13Br2NO2/c1-15-6-8(14)5-13-10-4-7(11)2-3-9(10)12/h2-4,8,13-14H,5-6H2,1H3. The molecule has 84 valence electrons. The van der Waals surface area contributed by atoms with Crippen molar-refractivity contribution in [1.29, 1.82) is 0 Å². The van der Waals surface area contributed by atoms with Crippen LogP contribution in [0.1, 0.15) is 0 Å². The van der Waals surface area contributed by atoms with Gasteiger partial charge in [-0.3, -0.25) is 0 Å². The summed E-state index contributed by atoms with van der Waals surface area (Å²) in [7, 11) is 1.57. The molecule has 1 aromatic rings. The van der Waals surface area contributed by atoms with Crippen LogP contribution in [0.4, 0.5) is 5.69 Å². The molecule has 0 amide bonds. The first-order valence-corrected chi connectivity index (χ1v) is 6.08. The zero-order chi connectivity index (χ0) is 11.3. The number of methoxy groups -OCH3 is 1. The molecule has 1 rings (SSSR count). The Kier molecular flexibility index (Phi) is 5.60. The Morgan fingerprint density at radius 3 is 2.87 bits per heavy atom. The molecular formula is C10H13Br2NO2. The van der Waals surface area contributed by atoms with E-state index in [9.17, 15) is 5.11 Å². The summed E-state index contributed by atoms with van der Waals surface area (Å²) in [6, 6.07) is 5.83.